The molecule has 3 N–H and O–H groups in total. The fourth-order valence-corrected chi connectivity index (χ4v) is 0.769. The molecule has 0 spiro atoms. The third-order valence-corrected chi connectivity index (χ3v) is 1.43. The van der Waals surface area contributed by atoms with Crippen LogP contribution in [0.4, 0.5) is 4.39 Å². The van der Waals surface area contributed by atoms with Gasteiger partial charge in [0.25, 0.3) is 0 Å². The first-order chi connectivity index (χ1) is 4.63. The Morgan fingerprint density at radius 3 is 2.40 bits per heavy atom. The average Bonchev–Trinajstić information content (AvgIpc) is 1.93. The number of alkyl halides is 1. The Balaban J connectivity index is 2.52. The third-order valence-electron chi connectivity index (χ3n) is 1.43. The van der Waals surface area contributed by atoms with Gasteiger partial charge in [-0.05, 0) is 0 Å². The summed E-state index contributed by atoms with van der Waals surface area (Å²) >= 11 is 0. The second-order valence-corrected chi connectivity index (χ2v) is 2.23. The Labute approximate surface area is 56.9 Å². The number of hydrogen-bond acceptors (Lipinski definition) is 4. The summed E-state index contributed by atoms with van der Waals surface area (Å²) in [5, 5.41) is 26.1. The van der Waals surface area contributed by atoms with E-state index in [2.05, 4.69) is 4.74 Å². The number of aliphatic hydroxyl groups excluding tert-OH is 3. The molecule has 1 heterocycles. The zero-order valence-corrected chi connectivity index (χ0v) is 5.14. The highest BCUT2D eigenvalue weighted by atomic mass is 19.1. The molecule has 0 amide bonds. The van der Waals surface area contributed by atoms with Gasteiger partial charge in [-0.2, -0.15) is 0 Å². The van der Waals surface area contributed by atoms with Crippen LogP contribution in [-0.2, 0) is 4.74 Å². The number of halogens is 1. The summed E-state index contributed by atoms with van der Waals surface area (Å²) in [6, 6.07) is 0. The predicted molar refractivity (Wildman–Crippen MR) is 28.9 cm³/mol. The highest BCUT2D eigenvalue weighted by Gasteiger charge is 2.37. The van der Waals surface area contributed by atoms with Gasteiger partial charge in [0.1, 0.15) is 12.2 Å². The highest BCUT2D eigenvalue weighted by Crippen LogP contribution is 2.16. The van der Waals surface area contributed by atoms with E-state index in [0.29, 0.717) is 0 Å². The van der Waals surface area contributed by atoms with Gasteiger partial charge >= 0.3 is 0 Å². The van der Waals surface area contributed by atoms with E-state index in [0.717, 1.165) is 0 Å². The molecule has 0 radical (unpaired) electrons. The van der Waals surface area contributed by atoms with Crippen LogP contribution in [0.2, 0.25) is 0 Å². The first kappa shape index (κ1) is 7.87. The summed E-state index contributed by atoms with van der Waals surface area (Å²) in [6.07, 6.45) is -6.30. The van der Waals surface area contributed by atoms with Crippen molar-refractivity contribution in [1.29, 1.82) is 0 Å². The molecule has 1 fully saturated rings. The fourth-order valence-electron chi connectivity index (χ4n) is 0.769. The van der Waals surface area contributed by atoms with Crippen LogP contribution in [0.1, 0.15) is 0 Å². The van der Waals surface area contributed by atoms with E-state index in [9.17, 15) is 4.39 Å². The molecule has 60 valence electrons. The molecule has 1 saturated heterocycles. The van der Waals surface area contributed by atoms with Gasteiger partial charge in [0, 0.05) is 0 Å². The van der Waals surface area contributed by atoms with Gasteiger partial charge in [-0.1, -0.05) is 0 Å². The molecule has 0 aliphatic carbocycles. The third kappa shape index (κ3) is 1.27. The maximum atomic E-state index is 12.4. The standard InChI is InChI=1S/C5H9FO4/c6-3-4(8)2(7)1-10-5(3)9/h2-5,7-9H,1H2. The van der Waals surface area contributed by atoms with Crippen LogP contribution in [0.25, 0.3) is 0 Å². The Morgan fingerprint density at radius 1 is 1.30 bits per heavy atom. The number of ether oxygens (including phenoxy) is 1. The quantitative estimate of drug-likeness (QED) is 0.391. The Bertz CT molecular complexity index is 106. The smallest absolute Gasteiger partial charge is 0.189 e. The molecule has 0 bridgehead atoms. The molecule has 1 rings (SSSR count). The van der Waals surface area contributed by atoms with E-state index in [1.165, 1.54) is 0 Å². The van der Waals surface area contributed by atoms with Gasteiger partial charge in [-0.25, -0.2) is 4.39 Å². The largest absolute Gasteiger partial charge is 0.388 e. The lowest BCUT2D eigenvalue weighted by molar-refractivity contribution is -0.233. The lowest BCUT2D eigenvalue weighted by Gasteiger charge is -2.30. The lowest BCUT2D eigenvalue weighted by Crippen LogP contribution is -2.50. The predicted octanol–water partition coefficient (Wildman–Crippen LogP) is -1.61. The van der Waals surface area contributed by atoms with Crippen molar-refractivity contribution in [2.24, 2.45) is 0 Å². The summed E-state index contributed by atoms with van der Waals surface area (Å²) in [5.74, 6) is 0. The van der Waals surface area contributed by atoms with Crippen LogP contribution < -0.4 is 0 Å². The first-order valence-electron chi connectivity index (χ1n) is 2.93. The van der Waals surface area contributed by atoms with Crippen molar-refractivity contribution in [2.75, 3.05) is 6.61 Å². The molecule has 5 heteroatoms. The van der Waals surface area contributed by atoms with Crippen LogP contribution in [0.3, 0.4) is 0 Å². The van der Waals surface area contributed by atoms with Gasteiger partial charge in [0.05, 0.1) is 6.61 Å². The van der Waals surface area contributed by atoms with E-state index in [-0.39, 0.29) is 6.61 Å². The van der Waals surface area contributed by atoms with Crippen LogP contribution in [0, 0.1) is 0 Å². The molecule has 4 atom stereocenters. The summed E-state index contributed by atoms with van der Waals surface area (Å²) in [4.78, 5) is 0. The molecule has 1 aliphatic heterocycles. The maximum Gasteiger partial charge on any atom is 0.189 e. The Morgan fingerprint density at radius 2 is 1.90 bits per heavy atom. The van der Waals surface area contributed by atoms with Gasteiger partial charge in [0.15, 0.2) is 12.5 Å². The molecule has 0 saturated carbocycles. The maximum absolute atomic E-state index is 12.4. The van der Waals surface area contributed by atoms with Crippen LogP contribution in [0.15, 0.2) is 0 Å². The van der Waals surface area contributed by atoms with Crippen molar-refractivity contribution in [3.05, 3.63) is 0 Å². The number of aliphatic hydroxyl groups is 3. The molecule has 10 heavy (non-hydrogen) atoms. The molecule has 4 nitrogen and oxygen atoms in total. The van der Waals surface area contributed by atoms with Crippen molar-refractivity contribution >= 4 is 0 Å². The van der Waals surface area contributed by atoms with Crippen molar-refractivity contribution < 1.29 is 24.4 Å². The average molecular weight is 152 g/mol. The Kier molecular flexibility index (Phi) is 2.20. The van der Waals surface area contributed by atoms with E-state index in [1.54, 1.807) is 0 Å². The summed E-state index contributed by atoms with van der Waals surface area (Å²) in [6.45, 7) is -0.233. The summed E-state index contributed by atoms with van der Waals surface area (Å²) in [7, 11) is 0. The molecular weight excluding hydrogens is 143 g/mol. The molecule has 0 aromatic carbocycles. The first-order valence-corrected chi connectivity index (χ1v) is 2.93. The van der Waals surface area contributed by atoms with Gasteiger partial charge in [-0.3, -0.25) is 0 Å². The highest BCUT2D eigenvalue weighted by molar-refractivity contribution is 4.81. The molecule has 0 aromatic heterocycles. The minimum Gasteiger partial charge on any atom is -0.388 e. The topological polar surface area (TPSA) is 69.9 Å². The van der Waals surface area contributed by atoms with E-state index in [4.69, 9.17) is 15.3 Å². The van der Waals surface area contributed by atoms with Gasteiger partial charge in [-0.15, -0.1) is 0 Å². The van der Waals surface area contributed by atoms with Gasteiger partial charge < -0.3 is 20.1 Å². The van der Waals surface area contributed by atoms with Crippen molar-refractivity contribution in [1.82, 2.24) is 0 Å². The van der Waals surface area contributed by atoms with Crippen molar-refractivity contribution in [2.45, 2.75) is 24.7 Å². The fraction of sp³-hybridized carbons (Fsp3) is 1.00. The Hall–Kier alpha value is -0.230. The molecule has 1 aliphatic rings. The molecule has 4 unspecified atom stereocenters. The normalized spacial score (nSPS) is 49.2. The van der Waals surface area contributed by atoms with Crippen molar-refractivity contribution in [3.63, 3.8) is 0 Å². The van der Waals surface area contributed by atoms with E-state index < -0.39 is 24.7 Å². The minimum absolute atomic E-state index is 0.233. The lowest BCUT2D eigenvalue weighted by atomic mass is 10.1. The van der Waals surface area contributed by atoms with Crippen LogP contribution in [0.5, 0.6) is 0 Å². The second-order valence-electron chi connectivity index (χ2n) is 2.23. The van der Waals surface area contributed by atoms with Crippen molar-refractivity contribution in [3.8, 4) is 0 Å². The molecular formula is C5H9FO4. The van der Waals surface area contributed by atoms with Crippen LogP contribution in [-0.4, -0.2) is 46.6 Å². The monoisotopic (exact) mass is 152 g/mol. The zero-order valence-electron chi connectivity index (χ0n) is 5.14. The zero-order chi connectivity index (χ0) is 7.72. The number of rotatable bonds is 0. The SMILES string of the molecule is OC1COC(O)C(F)C1O. The summed E-state index contributed by atoms with van der Waals surface area (Å²) < 4.78 is 16.8. The van der Waals surface area contributed by atoms with Crippen LogP contribution >= 0.6 is 0 Å². The number of hydrogen-bond donors (Lipinski definition) is 3. The van der Waals surface area contributed by atoms with E-state index in [1.807, 2.05) is 0 Å². The second kappa shape index (κ2) is 2.79. The molecule has 0 aromatic rings. The van der Waals surface area contributed by atoms with E-state index >= 15 is 0 Å². The summed E-state index contributed by atoms with van der Waals surface area (Å²) in [5.41, 5.74) is 0. The van der Waals surface area contributed by atoms with Gasteiger partial charge in [0.2, 0.25) is 0 Å². The minimum atomic E-state index is -1.91.